The fourth-order valence-electron chi connectivity index (χ4n) is 1.32. The van der Waals surface area contributed by atoms with E-state index in [9.17, 15) is 22.8 Å². The number of nitrogens with one attached hydrogen (secondary N) is 1. The van der Waals surface area contributed by atoms with Crippen LogP contribution in [0.3, 0.4) is 0 Å². The molecule has 15 heavy (non-hydrogen) atoms. The van der Waals surface area contributed by atoms with Gasteiger partial charge in [-0.1, -0.05) is 0 Å². The highest BCUT2D eigenvalue weighted by atomic mass is 19.4. The normalized spacial score (nSPS) is 27.5. The summed E-state index contributed by atoms with van der Waals surface area (Å²) in [6, 6.07) is -1.60. The molecular formula is C8H11F3N2O2. The quantitative estimate of drug-likeness (QED) is 0.682. The Morgan fingerprint density at radius 3 is 2.00 bits per heavy atom. The molecule has 1 atom stereocenters. The zero-order valence-corrected chi connectivity index (χ0v) is 8.47. The molecule has 1 saturated heterocycles. The smallest absolute Gasteiger partial charge is 0.316 e. The molecule has 1 aliphatic rings. The highest BCUT2D eigenvalue weighted by molar-refractivity contribution is 6.07. The van der Waals surface area contributed by atoms with Crippen molar-refractivity contribution >= 4 is 11.9 Å². The number of hydrogen-bond donors (Lipinski definition) is 1. The minimum Gasteiger partial charge on any atom is -0.316 e. The van der Waals surface area contributed by atoms with Gasteiger partial charge in [0.1, 0.15) is 0 Å². The second-order valence-electron chi connectivity index (χ2n) is 3.82. The molecule has 1 heterocycles. The van der Waals surface area contributed by atoms with E-state index in [1.165, 1.54) is 13.8 Å². The van der Waals surface area contributed by atoms with Crippen LogP contribution in [0.15, 0.2) is 0 Å². The maximum absolute atomic E-state index is 12.5. The first kappa shape index (κ1) is 11.8. The van der Waals surface area contributed by atoms with Gasteiger partial charge in [0.25, 0.3) is 5.91 Å². The third-order valence-electron chi connectivity index (χ3n) is 2.31. The van der Waals surface area contributed by atoms with Gasteiger partial charge in [0, 0.05) is 6.04 Å². The monoisotopic (exact) mass is 224 g/mol. The summed E-state index contributed by atoms with van der Waals surface area (Å²) in [6.45, 7) is 3.61. The van der Waals surface area contributed by atoms with Crippen LogP contribution in [0.5, 0.6) is 0 Å². The highest BCUT2D eigenvalue weighted by Gasteiger charge is 2.64. The molecule has 4 nitrogen and oxygen atoms in total. The Hall–Kier alpha value is -1.27. The molecule has 0 aromatic carbocycles. The van der Waals surface area contributed by atoms with Crippen molar-refractivity contribution in [2.75, 3.05) is 0 Å². The van der Waals surface area contributed by atoms with Crippen molar-refractivity contribution in [1.29, 1.82) is 0 Å². The lowest BCUT2D eigenvalue weighted by Crippen LogP contribution is -2.56. The Morgan fingerprint density at radius 1 is 1.33 bits per heavy atom. The number of urea groups is 1. The molecule has 0 radical (unpaired) electrons. The van der Waals surface area contributed by atoms with Crippen LogP contribution in [-0.2, 0) is 4.79 Å². The SMILES string of the molecule is CC(C)N1C(=O)NC(C)(C(F)(F)F)C1=O. The van der Waals surface area contributed by atoms with Crippen LogP contribution in [0.4, 0.5) is 18.0 Å². The second-order valence-corrected chi connectivity index (χ2v) is 3.82. The van der Waals surface area contributed by atoms with Gasteiger partial charge < -0.3 is 5.32 Å². The van der Waals surface area contributed by atoms with Crippen LogP contribution in [0.1, 0.15) is 20.8 Å². The second kappa shape index (κ2) is 3.11. The summed E-state index contributed by atoms with van der Waals surface area (Å²) in [5.74, 6) is -1.25. The lowest BCUT2D eigenvalue weighted by Gasteiger charge is -2.25. The molecule has 0 saturated carbocycles. The van der Waals surface area contributed by atoms with Crippen molar-refractivity contribution in [2.45, 2.75) is 38.5 Å². The van der Waals surface area contributed by atoms with Crippen LogP contribution >= 0.6 is 0 Å². The van der Waals surface area contributed by atoms with E-state index in [-0.39, 0.29) is 0 Å². The zero-order chi connectivity index (χ0) is 12.0. The number of imide groups is 1. The molecule has 1 aliphatic heterocycles. The van der Waals surface area contributed by atoms with Crippen molar-refractivity contribution in [3.05, 3.63) is 0 Å². The first-order valence-corrected chi connectivity index (χ1v) is 4.34. The summed E-state index contributed by atoms with van der Waals surface area (Å²) in [5.41, 5.74) is -2.80. The number of amides is 3. The van der Waals surface area contributed by atoms with Crippen molar-refractivity contribution in [2.24, 2.45) is 0 Å². The topological polar surface area (TPSA) is 49.4 Å². The maximum atomic E-state index is 12.5. The molecule has 1 fully saturated rings. The number of nitrogens with zero attached hydrogens (tertiary/aromatic N) is 1. The molecule has 1 N–H and O–H groups in total. The van der Waals surface area contributed by atoms with Crippen molar-refractivity contribution in [3.8, 4) is 0 Å². The zero-order valence-electron chi connectivity index (χ0n) is 8.47. The van der Waals surface area contributed by atoms with E-state index >= 15 is 0 Å². The Kier molecular flexibility index (Phi) is 2.45. The number of carbonyl (C=O) groups excluding carboxylic acids is 2. The van der Waals surface area contributed by atoms with Crippen LogP contribution in [-0.4, -0.2) is 34.6 Å². The molecule has 0 aromatic heterocycles. The first-order valence-electron chi connectivity index (χ1n) is 4.34. The summed E-state index contributed by atoms with van der Waals surface area (Å²) >= 11 is 0. The average molecular weight is 224 g/mol. The van der Waals surface area contributed by atoms with Gasteiger partial charge in [0.05, 0.1) is 0 Å². The Balaban J connectivity index is 3.11. The number of carbonyl (C=O) groups is 2. The van der Waals surface area contributed by atoms with Crippen molar-refractivity contribution < 1.29 is 22.8 Å². The number of alkyl halides is 3. The molecule has 0 spiro atoms. The van der Waals surface area contributed by atoms with E-state index in [1.54, 1.807) is 5.32 Å². The standard InChI is InChI=1S/C8H11F3N2O2/c1-4(2)13-5(14)7(3,8(9,10)11)12-6(13)15/h4H,1-3H3,(H,12,15). The number of halogens is 3. The van der Waals surface area contributed by atoms with E-state index in [0.717, 1.165) is 0 Å². The maximum Gasteiger partial charge on any atom is 0.420 e. The highest BCUT2D eigenvalue weighted by Crippen LogP contribution is 2.35. The van der Waals surface area contributed by atoms with Crippen LogP contribution < -0.4 is 5.32 Å². The molecule has 0 bridgehead atoms. The van der Waals surface area contributed by atoms with E-state index in [0.29, 0.717) is 11.8 Å². The largest absolute Gasteiger partial charge is 0.420 e. The molecule has 3 amide bonds. The van der Waals surface area contributed by atoms with E-state index in [4.69, 9.17) is 0 Å². The molecule has 1 rings (SSSR count). The Morgan fingerprint density at radius 2 is 1.80 bits per heavy atom. The fraction of sp³-hybridized carbons (Fsp3) is 0.750. The minimum absolute atomic E-state index is 0.577. The van der Waals surface area contributed by atoms with Crippen LogP contribution in [0.25, 0.3) is 0 Å². The molecule has 1 unspecified atom stereocenters. The van der Waals surface area contributed by atoms with Gasteiger partial charge in [-0.05, 0) is 20.8 Å². The van der Waals surface area contributed by atoms with Gasteiger partial charge in [-0.2, -0.15) is 13.2 Å². The summed E-state index contributed by atoms with van der Waals surface area (Å²) in [6.07, 6.45) is -4.79. The lowest BCUT2D eigenvalue weighted by molar-refractivity contribution is -0.191. The van der Waals surface area contributed by atoms with Gasteiger partial charge in [0.2, 0.25) is 5.54 Å². The molecule has 0 aromatic rings. The fourth-order valence-corrected chi connectivity index (χ4v) is 1.32. The molecule has 86 valence electrons. The van der Waals surface area contributed by atoms with E-state index in [2.05, 4.69) is 0 Å². The Labute approximate surface area is 84.4 Å². The van der Waals surface area contributed by atoms with Crippen LogP contribution in [0, 0.1) is 0 Å². The van der Waals surface area contributed by atoms with Gasteiger partial charge in [-0.15, -0.1) is 0 Å². The molecular weight excluding hydrogens is 213 g/mol. The van der Waals surface area contributed by atoms with Crippen molar-refractivity contribution in [3.63, 3.8) is 0 Å². The summed E-state index contributed by atoms with van der Waals surface area (Å²) < 4.78 is 37.6. The molecule has 0 aliphatic carbocycles. The summed E-state index contributed by atoms with van der Waals surface area (Å²) in [7, 11) is 0. The summed E-state index contributed by atoms with van der Waals surface area (Å²) in [5, 5.41) is 1.66. The predicted molar refractivity (Wildman–Crippen MR) is 45.0 cm³/mol. The minimum atomic E-state index is -4.79. The summed E-state index contributed by atoms with van der Waals surface area (Å²) in [4.78, 5) is 23.2. The van der Waals surface area contributed by atoms with Crippen molar-refractivity contribution in [1.82, 2.24) is 10.2 Å². The molecule has 7 heteroatoms. The predicted octanol–water partition coefficient (Wildman–Crippen LogP) is 1.27. The van der Waals surface area contributed by atoms with Gasteiger partial charge in [-0.3, -0.25) is 9.69 Å². The van der Waals surface area contributed by atoms with E-state index < -0.39 is 29.7 Å². The average Bonchev–Trinajstić information content (AvgIpc) is 2.22. The van der Waals surface area contributed by atoms with Crippen LogP contribution in [0.2, 0.25) is 0 Å². The lowest BCUT2D eigenvalue weighted by atomic mass is 10.0. The first-order chi connectivity index (χ1) is 6.61. The third-order valence-corrected chi connectivity index (χ3v) is 2.31. The third kappa shape index (κ3) is 1.55. The van der Waals surface area contributed by atoms with E-state index in [1.807, 2.05) is 0 Å². The van der Waals surface area contributed by atoms with Gasteiger partial charge >= 0.3 is 12.2 Å². The Bertz CT molecular complexity index is 313. The van der Waals surface area contributed by atoms with Gasteiger partial charge in [-0.25, -0.2) is 4.79 Å². The number of rotatable bonds is 1. The number of hydrogen-bond acceptors (Lipinski definition) is 2. The van der Waals surface area contributed by atoms with Gasteiger partial charge in [0.15, 0.2) is 0 Å².